The van der Waals surface area contributed by atoms with Crippen LogP contribution >= 0.6 is 0 Å². The molecule has 4 nitrogen and oxygen atoms in total. The number of nitrogens with two attached hydrogens (primary N) is 1. The minimum Gasteiger partial charge on any atom is -0.368 e. The number of amides is 1. The van der Waals surface area contributed by atoms with Crippen LogP contribution in [-0.2, 0) is 4.79 Å². The van der Waals surface area contributed by atoms with Crippen molar-refractivity contribution >= 4 is 5.91 Å². The monoisotopic (exact) mass is 281 g/mol. The Balaban J connectivity index is 1.77. The van der Waals surface area contributed by atoms with Crippen LogP contribution in [0.1, 0.15) is 59.3 Å². The normalized spacial score (nSPS) is 22.2. The maximum absolute atomic E-state index is 11.7. The predicted octanol–water partition coefficient (Wildman–Crippen LogP) is 1.88. The van der Waals surface area contributed by atoms with Gasteiger partial charge < -0.3 is 16.0 Å². The lowest BCUT2D eigenvalue weighted by molar-refractivity contribution is -0.124. The smallest absolute Gasteiger partial charge is 0.237 e. The van der Waals surface area contributed by atoms with E-state index < -0.39 is 5.54 Å². The molecule has 0 aromatic heterocycles. The fraction of sp³-hybridized carbons (Fsp3) is 0.938. The summed E-state index contributed by atoms with van der Waals surface area (Å²) in [5, 5.41) is 3.43. The van der Waals surface area contributed by atoms with E-state index in [-0.39, 0.29) is 5.91 Å². The van der Waals surface area contributed by atoms with Crippen LogP contribution in [0.5, 0.6) is 0 Å². The molecule has 2 aliphatic rings. The van der Waals surface area contributed by atoms with Crippen molar-refractivity contribution in [3.8, 4) is 0 Å². The fourth-order valence-electron chi connectivity index (χ4n) is 2.91. The minimum atomic E-state index is -0.520. The predicted molar refractivity (Wildman–Crippen MR) is 82.4 cm³/mol. The number of hydrogen-bond acceptors (Lipinski definition) is 3. The van der Waals surface area contributed by atoms with Crippen molar-refractivity contribution in [1.29, 1.82) is 0 Å². The van der Waals surface area contributed by atoms with Gasteiger partial charge in [0.15, 0.2) is 0 Å². The van der Waals surface area contributed by atoms with E-state index in [2.05, 4.69) is 24.1 Å². The van der Waals surface area contributed by atoms with E-state index in [9.17, 15) is 4.79 Å². The molecule has 0 aromatic rings. The van der Waals surface area contributed by atoms with Gasteiger partial charge in [0.2, 0.25) is 5.91 Å². The summed E-state index contributed by atoms with van der Waals surface area (Å²) in [5.74, 6) is 0.508. The Morgan fingerprint density at radius 1 is 1.35 bits per heavy atom. The molecule has 1 atom stereocenters. The first-order valence-corrected chi connectivity index (χ1v) is 8.22. The van der Waals surface area contributed by atoms with Gasteiger partial charge in [0.05, 0.1) is 5.54 Å². The highest BCUT2D eigenvalue weighted by Crippen LogP contribution is 2.29. The molecule has 20 heavy (non-hydrogen) atoms. The van der Waals surface area contributed by atoms with Gasteiger partial charge in [0.1, 0.15) is 0 Å². The van der Waals surface area contributed by atoms with Gasteiger partial charge in [-0.25, -0.2) is 0 Å². The standard InChI is InChI=1S/C16H31N3O/c1-12(2)11-19(14-7-8-14)10-4-9-16(3,15(17)20)18-13-5-6-13/h12-14,18H,4-11H2,1-3H3,(H2,17,20). The summed E-state index contributed by atoms with van der Waals surface area (Å²) >= 11 is 0. The lowest BCUT2D eigenvalue weighted by Gasteiger charge is -2.30. The van der Waals surface area contributed by atoms with Crippen LogP contribution in [0.4, 0.5) is 0 Å². The molecule has 0 radical (unpaired) electrons. The number of hydrogen-bond donors (Lipinski definition) is 2. The van der Waals surface area contributed by atoms with Crippen molar-refractivity contribution in [1.82, 2.24) is 10.2 Å². The molecule has 1 unspecified atom stereocenters. The third-order valence-corrected chi connectivity index (χ3v) is 4.43. The molecule has 2 fully saturated rings. The van der Waals surface area contributed by atoms with Crippen molar-refractivity contribution in [3.63, 3.8) is 0 Å². The number of rotatable bonds is 10. The Morgan fingerprint density at radius 2 is 2.00 bits per heavy atom. The summed E-state index contributed by atoms with van der Waals surface area (Å²) < 4.78 is 0. The average molecular weight is 281 g/mol. The van der Waals surface area contributed by atoms with Crippen molar-refractivity contribution in [2.45, 2.75) is 76.9 Å². The molecule has 0 spiro atoms. The molecule has 2 aliphatic carbocycles. The molecule has 116 valence electrons. The Morgan fingerprint density at radius 3 is 2.45 bits per heavy atom. The van der Waals surface area contributed by atoms with Crippen LogP contribution in [-0.4, -0.2) is 41.5 Å². The van der Waals surface area contributed by atoms with E-state index in [4.69, 9.17) is 5.73 Å². The van der Waals surface area contributed by atoms with Crippen molar-refractivity contribution in [2.24, 2.45) is 11.7 Å². The molecule has 0 heterocycles. The summed E-state index contributed by atoms with van der Waals surface area (Å²) in [6.07, 6.45) is 6.96. The van der Waals surface area contributed by atoms with Crippen molar-refractivity contribution < 1.29 is 4.79 Å². The van der Waals surface area contributed by atoms with E-state index in [0.717, 1.165) is 25.4 Å². The molecule has 0 aromatic carbocycles. The molecule has 4 heteroatoms. The first-order valence-electron chi connectivity index (χ1n) is 8.22. The zero-order valence-electron chi connectivity index (χ0n) is 13.3. The molecule has 2 rings (SSSR count). The second-order valence-corrected chi connectivity index (χ2v) is 7.34. The molecule has 1 amide bonds. The Labute approximate surface area is 123 Å². The maximum atomic E-state index is 11.7. The minimum absolute atomic E-state index is 0.203. The van der Waals surface area contributed by atoms with Crippen LogP contribution in [0.25, 0.3) is 0 Å². The van der Waals surface area contributed by atoms with Gasteiger partial charge in [-0.3, -0.25) is 4.79 Å². The molecule has 2 saturated carbocycles. The van der Waals surface area contributed by atoms with E-state index >= 15 is 0 Å². The molecule has 0 aliphatic heterocycles. The van der Waals surface area contributed by atoms with E-state index in [1.54, 1.807) is 0 Å². The van der Waals surface area contributed by atoms with Crippen LogP contribution in [0, 0.1) is 5.92 Å². The fourth-order valence-corrected chi connectivity index (χ4v) is 2.91. The zero-order chi connectivity index (χ0) is 14.8. The van der Waals surface area contributed by atoms with Gasteiger partial charge in [0.25, 0.3) is 0 Å². The molecule has 0 bridgehead atoms. The maximum Gasteiger partial charge on any atom is 0.237 e. The number of carbonyl (C=O) groups excluding carboxylic acids is 1. The highest BCUT2D eigenvalue weighted by atomic mass is 16.1. The Kier molecular flexibility index (Phi) is 5.08. The van der Waals surface area contributed by atoms with Gasteiger partial charge >= 0.3 is 0 Å². The quantitative estimate of drug-likeness (QED) is 0.643. The average Bonchev–Trinajstić information content (AvgIpc) is 3.21. The van der Waals surface area contributed by atoms with E-state index in [1.807, 2.05) is 6.92 Å². The first-order chi connectivity index (χ1) is 9.40. The number of nitrogens with one attached hydrogen (secondary N) is 1. The Bertz CT molecular complexity index is 337. The van der Waals surface area contributed by atoms with Gasteiger partial charge in [-0.15, -0.1) is 0 Å². The summed E-state index contributed by atoms with van der Waals surface area (Å²) in [5.41, 5.74) is 5.08. The molecule has 0 saturated heterocycles. The van der Waals surface area contributed by atoms with Crippen LogP contribution in [0.15, 0.2) is 0 Å². The first kappa shape index (κ1) is 15.8. The summed E-state index contributed by atoms with van der Waals surface area (Å²) in [6.45, 7) is 8.79. The second kappa shape index (κ2) is 6.44. The second-order valence-electron chi connectivity index (χ2n) is 7.34. The molecular formula is C16H31N3O. The number of primary amides is 1. The largest absolute Gasteiger partial charge is 0.368 e. The number of nitrogens with zero attached hydrogens (tertiary/aromatic N) is 1. The third-order valence-electron chi connectivity index (χ3n) is 4.43. The van der Waals surface area contributed by atoms with Crippen molar-refractivity contribution in [2.75, 3.05) is 13.1 Å². The topological polar surface area (TPSA) is 58.4 Å². The summed E-state index contributed by atoms with van der Waals surface area (Å²) in [4.78, 5) is 14.3. The molecule has 3 N–H and O–H groups in total. The van der Waals surface area contributed by atoms with Gasteiger partial charge in [-0.05, 0) is 57.9 Å². The van der Waals surface area contributed by atoms with Gasteiger partial charge in [-0.1, -0.05) is 13.8 Å². The summed E-state index contributed by atoms with van der Waals surface area (Å²) in [6, 6.07) is 1.32. The zero-order valence-corrected chi connectivity index (χ0v) is 13.3. The lowest BCUT2D eigenvalue weighted by atomic mass is 9.94. The lowest BCUT2D eigenvalue weighted by Crippen LogP contribution is -2.54. The number of carbonyl (C=O) groups is 1. The summed E-state index contributed by atoms with van der Waals surface area (Å²) in [7, 11) is 0. The van der Waals surface area contributed by atoms with Gasteiger partial charge in [0, 0.05) is 18.6 Å². The third kappa shape index (κ3) is 4.74. The van der Waals surface area contributed by atoms with Crippen LogP contribution in [0.2, 0.25) is 0 Å². The van der Waals surface area contributed by atoms with Crippen LogP contribution in [0.3, 0.4) is 0 Å². The van der Waals surface area contributed by atoms with Crippen molar-refractivity contribution in [3.05, 3.63) is 0 Å². The highest BCUT2D eigenvalue weighted by Gasteiger charge is 2.37. The molecular weight excluding hydrogens is 250 g/mol. The van der Waals surface area contributed by atoms with E-state index in [1.165, 1.54) is 32.2 Å². The van der Waals surface area contributed by atoms with Crippen LogP contribution < -0.4 is 11.1 Å². The van der Waals surface area contributed by atoms with Gasteiger partial charge in [-0.2, -0.15) is 0 Å². The Hall–Kier alpha value is -0.610. The SMILES string of the molecule is CC(C)CN(CCCC(C)(NC1CC1)C(N)=O)C1CC1. The van der Waals surface area contributed by atoms with E-state index in [0.29, 0.717) is 12.0 Å². The highest BCUT2D eigenvalue weighted by molar-refractivity contribution is 5.84.